The zero-order chi connectivity index (χ0) is 20.6. The lowest BCUT2D eigenvalue weighted by atomic mass is 9.93. The van der Waals surface area contributed by atoms with Crippen LogP contribution in [0.2, 0.25) is 0 Å². The van der Waals surface area contributed by atoms with Crippen molar-refractivity contribution in [1.29, 1.82) is 0 Å². The number of hydrogen-bond donors (Lipinski definition) is 1. The summed E-state index contributed by atoms with van der Waals surface area (Å²) in [4.78, 5) is 16.2. The second kappa shape index (κ2) is 7.67. The molecule has 1 heterocycles. The van der Waals surface area contributed by atoms with Crippen LogP contribution in [0, 0.1) is 18.6 Å². The van der Waals surface area contributed by atoms with Crippen LogP contribution in [-0.2, 0) is 4.79 Å². The Labute approximate surface area is 168 Å². The summed E-state index contributed by atoms with van der Waals surface area (Å²) in [5, 5.41) is 3.40. The van der Waals surface area contributed by atoms with Crippen LogP contribution in [0.25, 0.3) is 0 Å². The molecule has 2 aromatic carbocycles. The summed E-state index contributed by atoms with van der Waals surface area (Å²) in [6, 6.07) is 10.2. The Balaban J connectivity index is 2.18. The van der Waals surface area contributed by atoms with E-state index in [2.05, 4.69) is 5.32 Å². The van der Waals surface area contributed by atoms with Gasteiger partial charge in [0.15, 0.2) is 5.11 Å². The summed E-state index contributed by atoms with van der Waals surface area (Å²) in [6.07, 6.45) is 0. The maximum absolute atomic E-state index is 14.5. The lowest BCUT2D eigenvalue weighted by molar-refractivity contribution is -0.125. The molecule has 3 rings (SSSR count). The van der Waals surface area contributed by atoms with Crippen molar-refractivity contribution < 1.29 is 13.6 Å². The Morgan fingerprint density at radius 3 is 2.32 bits per heavy atom. The van der Waals surface area contributed by atoms with E-state index in [1.807, 2.05) is 31.2 Å². The van der Waals surface area contributed by atoms with Crippen LogP contribution < -0.4 is 10.2 Å². The largest absolute Gasteiger partial charge is 0.351 e. The predicted octanol–water partition coefficient (Wildman–Crippen LogP) is 4.07. The fourth-order valence-corrected chi connectivity index (χ4v) is 3.59. The van der Waals surface area contributed by atoms with Gasteiger partial charge in [-0.1, -0.05) is 23.8 Å². The van der Waals surface area contributed by atoms with Crippen LogP contribution in [0.4, 0.5) is 14.5 Å². The maximum Gasteiger partial charge on any atom is 0.253 e. The first-order chi connectivity index (χ1) is 13.2. The molecule has 7 heteroatoms. The molecule has 146 valence electrons. The first-order valence-corrected chi connectivity index (χ1v) is 9.16. The number of anilines is 1. The van der Waals surface area contributed by atoms with E-state index in [0.717, 1.165) is 17.3 Å². The highest BCUT2D eigenvalue weighted by atomic mass is 32.1. The van der Waals surface area contributed by atoms with E-state index in [4.69, 9.17) is 12.2 Å². The van der Waals surface area contributed by atoms with Gasteiger partial charge in [0.25, 0.3) is 5.91 Å². The molecule has 1 amide bonds. The van der Waals surface area contributed by atoms with Crippen molar-refractivity contribution in [3.05, 3.63) is 76.5 Å². The predicted molar refractivity (Wildman–Crippen MR) is 110 cm³/mol. The fraction of sp³-hybridized carbons (Fsp3) is 0.238. The van der Waals surface area contributed by atoms with Gasteiger partial charge in [-0.05, 0) is 44.3 Å². The van der Waals surface area contributed by atoms with E-state index in [1.165, 1.54) is 17.0 Å². The van der Waals surface area contributed by atoms with Crippen LogP contribution in [0.5, 0.6) is 0 Å². The smallest absolute Gasteiger partial charge is 0.253 e. The van der Waals surface area contributed by atoms with Crippen LogP contribution in [-0.4, -0.2) is 30.0 Å². The van der Waals surface area contributed by atoms with Crippen LogP contribution in [0.15, 0.2) is 53.7 Å². The average Bonchev–Trinajstić information content (AvgIpc) is 2.62. The molecule has 1 aliphatic rings. The number of likely N-dealkylation sites (N-methyl/N-ethyl adjacent to an activating group) is 1. The number of thiocarbonyl (C=S) groups is 1. The Hall–Kier alpha value is -2.80. The van der Waals surface area contributed by atoms with E-state index in [9.17, 15) is 13.6 Å². The van der Waals surface area contributed by atoms with Crippen molar-refractivity contribution in [2.75, 3.05) is 19.0 Å². The molecule has 0 aliphatic carbocycles. The molecule has 4 nitrogen and oxygen atoms in total. The molecule has 1 aliphatic heterocycles. The number of amides is 1. The molecular formula is C21H21F2N3OS. The molecule has 0 radical (unpaired) electrons. The van der Waals surface area contributed by atoms with Gasteiger partial charge in [-0.3, -0.25) is 9.69 Å². The van der Waals surface area contributed by atoms with E-state index in [0.29, 0.717) is 16.4 Å². The Morgan fingerprint density at radius 2 is 1.75 bits per heavy atom. The zero-order valence-corrected chi connectivity index (χ0v) is 16.9. The Morgan fingerprint density at radius 1 is 1.11 bits per heavy atom. The quantitative estimate of drug-likeness (QED) is 0.787. The van der Waals surface area contributed by atoms with Crippen molar-refractivity contribution in [2.45, 2.75) is 19.9 Å². The van der Waals surface area contributed by atoms with E-state index in [1.54, 1.807) is 25.9 Å². The minimum atomic E-state index is -0.815. The number of hydrogen-bond acceptors (Lipinski definition) is 2. The van der Waals surface area contributed by atoms with Gasteiger partial charge in [-0.25, -0.2) is 8.78 Å². The van der Waals surface area contributed by atoms with Crippen molar-refractivity contribution >= 4 is 28.9 Å². The number of allylic oxidation sites excluding steroid dienone is 1. The minimum Gasteiger partial charge on any atom is -0.351 e. The van der Waals surface area contributed by atoms with Crippen LogP contribution in [0.3, 0.4) is 0 Å². The van der Waals surface area contributed by atoms with Crippen molar-refractivity contribution in [3.63, 3.8) is 0 Å². The Kier molecular flexibility index (Phi) is 5.47. The summed E-state index contributed by atoms with van der Waals surface area (Å²) in [7, 11) is 3.26. The van der Waals surface area contributed by atoms with Crippen molar-refractivity contribution in [2.24, 2.45) is 0 Å². The molecule has 0 bridgehead atoms. The van der Waals surface area contributed by atoms with Gasteiger partial charge in [0.05, 0.1) is 11.6 Å². The number of aryl methyl sites for hydroxylation is 1. The second-order valence-electron chi connectivity index (χ2n) is 6.92. The molecule has 0 saturated carbocycles. The molecule has 0 spiro atoms. The number of halogens is 2. The van der Waals surface area contributed by atoms with E-state index in [-0.39, 0.29) is 11.5 Å². The summed E-state index contributed by atoms with van der Waals surface area (Å²) in [5.74, 6) is -1.69. The summed E-state index contributed by atoms with van der Waals surface area (Å²) in [6.45, 7) is 3.76. The first-order valence-electron chi connectivity index (χ1n) is 8.75. The van der Waals surface area contributed by atoms with Gasteiger partial charge in [-0.2, -0.15) is 0 Å². The third-order valence-corrected chi connectivity index (χ3v) is 4.99. The molecule has 2 aromatic rings. The van der Waals surface area contributed by atoms with Crippen molar-refractivity contribution in [1.82, 2.24) is 10.2 Å². The third-order valence-electron chi connectivity index (χ3n) is 4.69. The molecule has 0 saturated heterocycles. The van der Waals surface area contributed by atoms with Gasteiger partial charge in [0, 0.05) is 37.1 Å². The topological polar surface area (TPSA) is 35.6 Å². The van der Waals surface area contributed by atoms with Gasteiger partial charge in [0.2, 0.25) is 0 Å². The normalized spacial score (nSPS) is 16.9. The van der Waals surface area contributed by atoms with E-state index >= 15 is 0 Å². The third kappa shape index (κ3) is 3.62. The molecular weight excluding hydrogens is 380 g/mol. The van der Waals surface area contributed by atoms with Gasteiger partial charge < -0.3 is 10.2 Å². The highest BCUT2D eigenvalue weighted by Crippen LogP contribution is 2.35. The molecule has 1 atom stereocenters. The van der Waals surface area contributed by atoms with E-state index < -0.39 is 17.7 Å². The van der Waals surface area contributed by atoms with Crippen molar-refractivity contribution in [3.8, 4) is 0 Å². The molecule has 0 fully saturated rings. The number of carbonyl (C=O) groups excluding carboxylic acids is 1. The summed E-state index contributed by atoms with van der Waals surface area (Å²) in [5.41, 5.74) is 3.00. The number of nitrogens with zero attached hydrogens (tertiary/aromatic N) is 2. The van der Waals surface area contributed by atoms with Gasteiger partial charge in [-0.15, -0.1) is 0 Å². The highest BCUT2D eigenvalue weighted by molar-refractivity contribution is 7.80. The molecule has 0 aromatic heterocycles. The molecule has 0 unspecified atom stereocenters. The lowest BCUT2D eigenvalue weighted by Crippen LogP contribution is -2.49. The minimum absolute atomic E-state index is 0.164. The second-order valence-corrected chi connectivity index (χ2v) is 7.30. The fourth-order valence-electron chi connectivity index (χ4n) is 3.23. The summed E-state index contributed by atoms with van der Waals surface area (Å²) < 4.78 is 27.9. The number of nitrogens with one attached hydrogen (secondary N) is 1. The monoisotopic (exact) mass is 401 g/mol. The first kappa shape index (κ1) is 19.9. The summed E-state index contributed by atoms with van der Waals surface area (Å²) >= 11 is 5.53. The molecule has 28 heavy (non-hydrogen) atoms. The maximum atomic E-state index is 14.5. The van der Waals surface area contributed by atoms with Gasteiger partial charge in [0.1, 0.15) is 11.6 Å². The standard InChI is InChI=1S/C21H21F2N3OS/c1-12-5-8-15(9-6-12)26-13(2)18(20(27)25(3)4)19(24-21(26)28)16-10-7-14(22)11-17(16)23/h5-11,19H,1-4H3,(H,24,28)/t19-/m1/s1. The lowest BCUT2D eigenvalue weighted by Gasteiger charge is -2.38. The average molecular weight is 401 g/mol. The number of benzene rings is 2. The van der Waals surface area contributed by atoms with Crippen LogP contribution in [0.1, 0.15) is 24.1 Å². The highest BCUT2D eigenvalue weighted by Gasteiger charge is 2.36. The van der Waals surface area contributed by atoms with Crippen LogP contribution >= 0.6 is 12.2 Å². The number of rotatable bonds is 3. The Bertz CT molecular complexity index is 970. The SMILES string of the molecule is CC1=C(C(=O)N(C)C)[C@@H](c2ccc(F)cc2F)NC(=S)N1c1ccc(C)cc1. The number of carbonyl (C=O) groups is 1. The van der Waals surface area contributed by atoms with Gasteiger partial charge >= 0.3 is 0 Å². The zero-order valence-electron chi connectivity index (χ0n) is 16.1. The molecule has 1 N–H and O–H groups in total.